The molecule has 2 heteroatoms. The van der Waals surface area contributed by atoms with E-state index in [4.69, 9.17) is 11.6 Å². The molecular formula is C11H20BrCl. The molecule has 0 rings (SSSR count). The summed E-state index contributed by atoms with van der Waals surface area (Å²) in [5.41, 5.74) is 0. The third kappa shape index (κ3) is 12.5. The van der Waals surface area contributed by atoms with Gasteiger partial charge in [-0.25, -0.2) is 0 Å². The second-order valence-corrected chi connectivity index (χ2v) is 4.33. The van der Waals surface area contributed by atoms with Crippen LogP contribution < -0.4 is 0 Å². The lowest BCUT2D eigenvalue weighted by Crippen LogP contribution is -1.80. The molecule has 0 unspecified atom stereocenters. The van der Waals surface area contributed by atoms with Crippen LogP contribution in [0.2, 0.25) is 0 Å². The van der Waals surface area contributed by atoms with E-state index in [1.165, 1.54) is 44.9 Å². The van der Waals surface area contributed by atoms with Crippen molar-refractivity contribution in [3.63, 3.8) is 0 Å². The van der Waals surface area contributed by atoms with Gasteiger partial charge in [0.25, 0.3) is 0 Å². The minimum atomic E-state index is 0.658. The zero-order valence-electron chi connectivity index (χ0n) is 8.27. The topological polar surface area (TPSA) is 0 Å². The summed E-state index contributed by atoms with van der Waals surface area (Å²) in [6.45, 7) is 0. The van der Waals surface area contributed by atoms with Gasteiger partial charge >= 0.3 is 0 Å². The minimum absolute atomic E-state index is 0.658. The number of halogens is 2. The zero-order valence-corrected chi connectivity index (χ0v) is 10.6. The molecule has 78 valence electrons. The van der Waals surface area contributed by atoms with Gasteiger partial charge in [-0.2, -0.15) is 0 Å². The molecule has 0 fully saturated rings. The smallest absolute Gasteiger partial charge is 0.0404 e. The second-order valence-electron chi connectivity index (χ2n) is 3.22. The molecule has 0 aliphatic carbocycles. The lowest BCUT2D eigenvalue weighted by Gasteiger charge is -1.98. The van der Waals surface area contributed by atoms with Gasteiger partial charge in [0.15, 0.2) is 0 Å². The molecule has 0 aromatic carbocycles. The summed E-state index contributed by atoms with van der Waals surface area (Å²) in [7, 11) is 0. The van der Waals surface area contributed by atoms with Crippen LogP contribution in [-0.2, 0) is 0 Å². The van der Waals surface area contributed by atoms with Crippen LogP contribution in [0.1, 0.15) is 44.9 Å². The van der Waals surface area contributed by atoms with E-state index in [9.17, 15) is 0 Å². The van der Waals surface area contributed by atoms with Crippen LogP contribution in [0.4, 0.5) is 0 Å². The Morgan fingerprint density at radius 1 is 0.846 bits per heavy atom. The van der Waals surface area contributed by atoms with Gasteiger partial charge in [-0.1, -0.05) is 53.8 Å². The normalized spacial score (nSPS) is 11.2. The molecule has 13 heavy (non-hydrogen) atoms. The van der Waals surface area contributed by atoms with Gasteiger partial charge in [0.2, 0.25) is 0 Å². The SMILES string of the molecule is ClCC=CCCCCCCCCBr. The lowest BCUT2D eigenvalue weighted by molar-refractivity contribution is 0.614. The summed E-state index contributed by atoms with van der Waals surface area (Å²) in [5, 5.41) is 1.16. The maximum Gasteiger partial charge on any atom is 0.0404 e. The molecule has 0 atom stereocenters. The Balaban J connectivity index is 2.87. The summed E-state index contributed by atoms with van der Waals surface area (Å²) >= 11 is 8.95. The van der Waals surface area contributed by atoms with Crippen LogP contribution in [0.15, 0.2) is 12.2 Å². The highest BCUT2D eigenvalue weighted by atomic mass is 79.9. The number of rotatable bonds is 9. The van der Waals surface area contributed by atoms with E-state index in [2.05, 4.69) is 22.0 Å². The van der Waals surface area contributed by atoms with E-state index in [0.29, 0.717) is 5.88 Å². The molecule has 0 saturated carbocycles. The fraction of sp³-hybridized carbons (Fsp3) is 0.818. The third-order valence-electron chi connectivity index (χ3n) is 2.01. The highest BCUT2D eigenvalue weighted by molar-refractivity contribution is 9.09. The molecule has 0 spiro atoms. The maximum absolute atomic E-state index is 5.51. The van der Waals surface area contributed by atoms with Gasteiger partial charge in [-0.05, 0) is 19.3 Å². The second kappa shape index (κ2) is 12.5. The first-order valence-corrected chi connectivity index (χ1v) is 6.84. The van der Waals surface area contributed by atoms with Crippen molar-refractivity contribution >= 4 is 27.5 Å². The van der Waals surface area contributed by atoms with Crippen LogP contribution in [0.3, 0.4) is 0 Å². The van der Waals surface area contributed by atoms with Crippen LogP contribution in [0.25, 0.3) is 0 Å². The monoisotopic (exact) mass is 266 g/mol. The van der Waals surface area contributed by atoms with E-state index in [1.54, 1.807) is 0 Å². The zero-order chi connectivity index (χ0) is 9.78. The Bertz CT molecular complexity index is 113. The van der Waals surface area contributed by atoms with Crippen LogP contribution in [0.5, 0.6) is 0 Å². The van der Waals surface area contributed by atoms with Crippen molar-refractivity contribution in [1.82, 2.24) is 0 Å². The average molecular weight is 268 g/mol. The Morgan fingerprint density at radius 2 is 1.46 bits per heavy atom. The first-order valence-electron chi connectivity index (χ1n) is 5.18. The van der Waals surface area contributed by atoms with Crippen LogP contribution >= 0.6 is 27.5 Å². The van der Waals surface area contributed by atoms with Crippen molar-refractivity contribution in [1.29, 1.82) is 0 Å². The molecule has 0 aromatic rings. The molecule has 0 N–H and O–H groups in total. The van der Waals surface area contributed by atoms with Crippen LogP contribution in [0, 0.1) is 0 Å². The van der Waals surface area contributed by atoms with Crippen LogP contribution in [-0.4, -0.2) is 11.2 Å². The summed E-state index contributed by atoms with van der Waals surface area (Å²) in [5.74, 6) is 0.658. The first kappa shape index (κ1) is 13.5. The largest absolute Gasteiger partial charge is 0.122 e. The molecule has 0 aliphatic rings. The van der Waals surface area contributed by atoms with E-state index in [0.717, 1.165) is 5.33 Å². The molecule has 0 radical (unpaired) electrons. The number of allylic oxidation sites excluding steroid dienone is 2. The summed E-state index contributed by atoms with van der Waals surface area (Å²) in [6, 6.07) is 0. The van der Waals surface area contributed by atoms with Gasteiger partial charge in [0.05, 0.1) is 0 Å². The lowest BCUT2D eigenvalue weighted by atomic mass is 10.1. The maximum atomic E-state index is 5.51. The molecule has 0 bridgehead atoms. The highest BCUT2D eigenvalue weighted by Gasteiger charge is 1.89. The van der Waals surface area contributed by atoms with Gasteiger partial charge < -0.3 is 0 Å². The molecular weight excluding hydrogens is 247 g/mol. The number of unbranched alkanes of at least 4 members (excludes halogenated alkanes) is 6. The Labute approximate surface area is 95.9 Å². The third-order valence-corrected chi connectivity index (χ3v) is 2.75. The van der Waals surface area contributed by atoms with Gasteiger partial charge in [0, 0.05) is 11.2 Å². The standard InChI is InChI=1S/C11H20BrCl/c12-10-8-6-4-2-1-3-5-7-9-11-13/h7,9H,1-6,8,10-11H2. The molecule has 0 saturated heterocycles. The molecule has 0 aliphatic heterocycles. The summed E-state index contributed by atoms with van der Waals surface area (Å²) in [6.07, 6.45) is 13.6. The number of hydrogen-bond acceptors (Lipinski definition) is 0. The summed E-state index contributed by atoms with van der Waals surface area (Å²) < 4.78 is 0. The molecule has 0 heterocycles. The molecule has 0 amide bonds. The fourth-order valence-corrected chi connectivity index (χ4v) is 1.77. The van der Waals surface area contributed by atoms with E-state index < -0.39 is 0 Å². The van der Waals surface area contributed by atoms with E-state index >= 15 is 0 Å². The van der Waals surface area contributed by atoms with Gasteiger partial charge in [0.1, 0.15) is 0 Å². The summed E-state index contributed by atoms with van der Waals surface area (Å²) in [4.78, 5) is 0. The van der Waals surface area contributed by atoms with Crippen molar-refractivity contribution in [3.05, 3.63) is 12.2 Å². The minimum Gasteiger partial charge on any atom is -0.122 e. The van der Waals surface area contributed by atoms with Crippen molar-refractivity contribution in [2.75, 3.05) is 11.2 Å². The van der Waals surface area contributed by atoms with Crippen molar-refractivity contribution in [2.24, 2.45) is 0 Å². The Hall–Kier alpha value is 0.510. The number of hydrogen-bond donors (Lipinski definition) is 0. The van der Waals surface area contributed by atoms with Crippen molar-refractivity contribution in [2.45, 2.75) is 44.9 Å². The molecule has 0 nitrogen and oxygen atoms in total. The Kier molecular flexibility index (Phi) is 13.0. The van der Waals surface area contributed by atoms with E-state index in [1.807, 2.05) is 6.08 Å². The number of alkyl halides is 2. The van der Waals surface area contributed by atoms with Gasteiger partial charge in [-0.15, -0.1) is 11.6 Å². The first-order chi connectivity index (χ1) is 6.41. The quantitative estimate of drug-likeness (QED) is 0.316. The predicted molar refractivity (Wildman–Crippen MR) is 66.0 cm³/mol. The molecule has 0 aromatic heterocycles. The fourth-order valence-electron chi connectivity index (χ4n) is 1.24. The predicted octanol–water partition coefficient (Wildman–Crippen LogP) is 4.91. The Morgan fingerprint density at radius 3 is 2.08 bits per heavy atom. The average Bonchev–Trinajstić information content (AvgIpc) is 2.16. The van der Waals surface area contributed by atoms with E-state index in [-0.39, 0.29) is 0 Å². The highest BCUT2D eigenvalue weighted by Crippen LogP contribution is 2.08. The van der Waals surface area contributed by atoms with Crippen molar-refractivity contribution < 1.29 is 0 Å². The van der Waals surface area contributed by atoms with Crippen molar-refractivity contribution in [3.8, 4) is 0 Å². The van der Waals surface area contributed by atoms with Gasteiger partial charge in [-0.3, -0.25) is 0 Å².